The number of benzene rings is 1. The predicted octanol–water partition coefficient (Wildman–Crippen LogP) is 2.91. The van der Waals surface area contributed by atoms with E-state index in [1.54, 1.807) is 0 Å². The fourth-order valence-corrected chi connectivity index (χ4v) is 4.83. The molecule has 0 amide bonds. The van der Waals surface area contributed by atoms with Crippen LogP contribution in [0.3, 0.4) is 0 Å². The van der Waals surface area contributed by atoms with Gasteiger partial charge in [-0.2, -0.15) is 4.31 Å². The average molecular weight is 338 g/mol. The van der Waals surface area contributed by atoms with Crippen molar-refractivity contribution in [3.05, 3.63) is 27.7 Å². The average Bonchev–Trinajstić information content (AvgIpc) is 2.70. The van der Waals surface area contributed by atoms with Gasteiger partial charge >= 0.3 is 0 Å². The van der Waals surface area contributed by atoms with Crippen LogP contribution < -0.4 is 0 Å². The molecule has 1 saturated heterocycles. The highest BCUT2D eigenvalue weighted by Crippen LogP contribution is 2.37. The van der Waals surface area contributed by atoms with Crippen LogP contribution >= 0.6 is 23.2 Å². The van der Waals surface area contributed by atoms with E-state index in [1.165, 1.54) is 16.4 Å². The zero-order valence-electron chi connectivity index (χ0n) is 11.4. The summed E-state index contributed by atoms with van der Waals surface area (Å²) in [6, 6.07) is 2.84. The van der Waals surface area contributed by atoms with Crippen molar-refractivity contribution in [2.24, 2.45) is 5.41 Å². The Hall–Kier alpha value is -0.330. The highest BCUT2D eigenvalue weighted by Gasteiger charge is 2.38. The highest BCUT2D eigenvalue weighted by atomic mass is 35.5. The third kappa shape index (κ3) is 2.83. The van der Waals surface area contributed by atoms with Gasteiger partial charge in [-0.15, -0.1) is 0 Å². The van der Waals surface area contributed by atoms with Crippen molar-refractivity contribution in [3.8, 4) is 0 Å². The molecule has 1 aliphatic rings. The monoisotopic (exact) mass is 337 g/mol. The third-order valence-corrected chi connectivity index (χ3v) is 6.35. The molecule has 1 fully saturated rings. The fraction of sp³-hybridized carbons (Fsp3) is 0.538. The first-order chi connectivity index (χ1) is 9.19. The van der Waals surface area contributed by atoms with Crippen LogP contribution in [0.2, 0.25) is 10.0 Å². The Morgan fingerprint density at radius 3 is 2.50 bits per heavy atom. The van der Waals surface area contributed by atoms with Gasteiger partial charge in [-0.1, -0.05) is 37.0 Å². The molecule has 0 aromatic heterocycles. The third-order valence-electron chi connectivity index (χ3n) is 3.57. The lowest BCUT2D eigenvalue weighted by Crippen LogP contribution is -2.30. The molecule has 112 valence electrons. The largest absolute Gasteiger partial charge is 0.392 e. The number of aliphatic hydroxyl groups is 1. The summed E-state index contributed by atoms with van der Waals surface area (Å²) in [7, 11) is -3.66. The number of sulfonamides is 1. The predicted molar refractivity (Wildman–Crippen MR) is 79.5 cm³/mol. The lowest BCUT2D eigenvalue weighted by Gasteiger charge is -2.21. The SMILES string of the molecule is CC1(C)CCN(S(=O)(=O)c2ccc(Cl)c(CO)c2Cl)C1. The minimum atomic E-state index is -3.66. The Labute approximate surface area is 129 Å². The van der Waals surface area contributed by atoms with Crippen LogP contribution in [-0.2, 0) is 16.6 Å². The molecule has 0 radical (unpaired) electrons. The number of hydrogen-bond acceptors (Lipinski definition) is 3. The van der Waals surface area contributed by atoms with Gasteiger partial charge in [0.25, 0.3) is 0 Å². The summed E-state index contributed by atoms with van der Waals surface area (Å²) < 4.78 is 26.7. The van der Waals surface area contributed by atoms with Gasteiger partial charge in [0.15, 0.2) is 0 Å². The maximum absolute atomic E-state index is 12.6. The molecule has 2 rings (SSSR count). The molecule has 4 nitrogen and oxygen atoms in total. The normalized spacial score (nSPS) is 19.4. The summed E-state index contributed by atoms with van der Waals surface area (Å²) in [5.41, 5.74) is 0.207. The number of halogens is 2. The molecule has 0 spiro atoms. The van der Waals surface area contributed by atoms with E-state index in [2.05, 4.69) is 0 Å². The number of aliphatic hydroxyl groups excluding tert-OH is 1. The molecule has 0 bridgehead atoms. The van der Waals surface area contributed by atoms with Crippen LogP contribution in [0.5, 0.6) is 0 Å². The quantitative estimate of drug-likeness (QED) is 0.922. The van der Waals surface area contributed by atoms with Gasteiger partial charge in [-0.3, -0.25) is 0 Å². The summed E-state index contributed by atoms with van der Waals surface area (Å²) in [5, 5.41) is 9.53. The van der Waals surface area contributed by atoms with Gasteiger partial charge in [0.1, 0.15) is 4.90 Å². The molecule has 7 heteroatoms. The number of hydrogen-bond donors (Lipinski definition) is 1. The minimum Gasteiger partial charge on any atom is -0.392 e. The van der Waals surface area contributed by atoms with Crippen molar-refractivity contribution in [2.45, 2.75) is 31.8 Å². The molecular weight excluding hydrogens is 321 g/mol. The van der Waals surface area contributed by atoms with Gasteiger partial charge in [0.05, 0.1) is 11.6 Å². The van der Waals surface area contributed by atoms with E-state index in [-0.39, 0.29) is 25.9 Å². The van der Waals surface area contributed by atoms with E-state index in [0.717, 1.165) is 6.42 Å². The van der Waals surface area contributed by atoms with Crippen LogP contribution in [0.25, 0.3) is 0 Å². The molecule has 0 atom stereocenters. The lowest BCUT2D eigenvalue weighted by molar-refractivity contribution is 0.281. The van der Waals surface area contributed by atoms with Crippen LogP contribution in [-0.4, -0.2) is 30.9 Å². The van der Waals surface area contributed by atoms with Crippen molar-refractivity contribution in [3.63, 3.8) is 0 Å². The van der Waals surface area contributed by atoms with E-state index in [4.69, 9.17) is 23.2 Å². The smallest absolute Gasteiger partial charge is 0.244 e. The van der Waals surface area contributed by atoms with Crippen molar-refractivity contribution < 1.29 is 13.5 Å². The van der Waals surface area contributed by atoms with E-state index < -0.39 is 16.6 Å². The standard InChI is InChI=1S/C13H17Cl2NO3S/c1-13(2)5-6-16(8-13)20(18,19)11-4-3-10(14)9(7-17)12(11)15/h3-4,17H,5-8H2,1-2H3. The van der Waals surface area contributed by atoms with E-state index in [0.29, 0.717) is 13.1 Å². The topological polar surface area (TPSA) is 57.6 Å². The first-order valence-corrected chi connectivity index (χ1v) is 8.46. The Balaban J connectivity index is 2.46. The van der Waals surface area contributed by atoms with Crippen molar-refractivity contribution in [1.29, 1.82) is 0 Å². The summed E-state index contributed by atoms with van der Waals surface area (Å²) in [4.78, 5) is 0.00492. The van der Waals surface area contributed by atoms with Crippen LogP contribution in [0.1, 0.15) is 25.8 Å². The Kier molecular flexibility index (Phi) is 4.38. The van der Waals surface area contributed by atoms with Gasteiger partial charge < -0.3 is 5.11 Å². The van der Waals surface area contributed by atoms with Gasteiger partial charge in [0.2, 0.25) is 10.0 Å². The van der Waals surface area contributed by atoms with Crippen molar-refractivity contribution >= 4 is 33.2 Å². The number of rotatable bonds is 3. The van der Waals surface area contributed by atoms with Gasteiger partial charge in [0, 0.05) is 23.7 Å². The fourth-order valence-electron chi connectivity index (χ4n) is 2.33. The first-order valence-electron chi connectivity index (χ1n) is 6.27. The maximum Gasteiger partial charge on any atom is 0.244 e. The van der Waals surface area contributed by atoms with Crippen LogP contribution in [0, 0.1) is 5.41 Å². The molecule has 0 unspecified atom stereocenters. The Morgan fingerprint density at radius 2 is 2.00 bits per heavy atom. The maximum atomic E-state index is 12.6. The second kappa shape index (κ2) is 5.46. The van der Waals surface area contributed by atoms with E-state index >= 15 is 0 Å². The first kappa shape index (κ1) is 16.0. The van der Waals surface area contributed by atoms with Crippen LogP contribution in [0.15, 0.2) is 17.0 Å². The second-order valence-corrected chi connectivity index (χ2v) is 8.44. The Bertz CT molecular complexity index is 629. The van der Waals surface area contributed by atoms with E-state index in [9.17, 15) is 13.5 Å². The lowest BCUT2D eigenvalue weighted by atomic mass is 9.93. The number of nitrogens with zero attached hydrogens (tertiary/aromatic N) is 1. The second-order valence-electron chi connectivity index (χ2n) is 5.75. The van der Waals surface area contributed by atoms with Gasteiger partial charge in [-0.25, -0.2) is 8.42 Å². The van der Waals surface area contributed by atoms with Crippen molar-refractivity contribution in [2.75, 3.05) is 13.1 Å². The van der Waals surface area contributed by atoms with Crippen LogP contribution in [0.4, 0.5) is 0 Å². The Morgan fingerprint density at radius 1 is 1.35 bits per heavy atom. The van der Waals surface area contributed by atoms with Crippen molar-refractivity contribution in [1.82, 2.24) is 4.31 Å². The summed E-state index contributed by atoms with van der Waals surface area (Å²) in [5.74, 6) is 0. The highest BCUT2D eigenvalue weighted by molar-refractivity contribution is 7.89. The molecule has 1 aromatic rings. The molecule has 0 saturated carbocycles. The molecule has 1 aliphatic heterocycles. The summed E-state index contributed by atoms with van der Waals surface area (Å²) in [6.45, 7) is 4.61. The molecule has 1 heterocycles. The summed E-state index contributed by atoms with van der Waals surface area (Å²) >= 11 is 12.0. The molecule has 0 aliphatic carbocycles. The molecule has 1 aromatic carbocycles. The zero-order valence-corrected chi connectivity index (χ0v) is 13.7. The summed E-state index contributed by atoms with van der Waals surface area (Å²) in [6.07, 6.45) is 0.810. The van der Waals surface area contributed by atoms with E-state index in [1.807, 2.05) is 13.8 Å². The minimum absolute atomic E-state index is 0.00436. The zero-order chi connectivity index (χ0) is 15.1. The molecule has 1 N–H and O–H groups in total. The molecule has 20 heavy (non-hydrogen) atoms. The molecular formula is C13H17Cl2NO3S. The van der Waals surface area contributed by atoms with Gasteiger partial charge in [-0.05, 0) is 24.0 Å².